The van der Waals surface area contributed by atoms with Crippen molar-refractivity contribution in [2.24, 2.45) is 0 Å². The van der Waals surface area contributed by atoms with Gasteiger partial charge in [-0.05, 0) is 118 Å². The number of rotatable bonds is 10. The number of ketones is 2. The van der Waals surface area contributed by atoms with Gasteiger partial charge in [0.25, 0.3) is 20.0 Å². The lowest BCUT2D eigenvalue weighted by Crippen LogP contribution is -2.32. The van der Waals surface area contributed by atoms with Crippen LogP contribution in [0.2, 0.25) is 0 Å². The lowest BCUT2D eigenvalue weighted by molar-refractivity contribution is -0.886. The normalized spacial score (nSPS) is 12.2. The number of aryl methyl sites for hydroxylation is 6. The van der Waals surface area contributed by atoms with Gasteiger partial charge in [-0.3, -0.25) is 29.0 Å². The highest BCUT2D eigenvalue weighted by molar-refractivity contribution is 7.93. The van der Waals surface area contributed by atoms with E-state index in [0.717, 1.165) is 29.0 Å². The maximum atomic E-state index is 13.5. The van der Waals surface area contributed by atoms with Crippen LogP contribution in [0.5, 0.6) is 0 Å². The Hall–Kier alpha value is -7.66. The molecule has 0 saturated heterocycles. The molecule has 0 aliphatic heterocycles. The number of hydrogen-bond acceptors (Lipinski definition) is 10. The van der Waals surface area contributed by atoms with Crippen molar-refractivity contribution < 1.29 is 62.7 Å². The Morgan fingerprint density at radius 2 is 1.03 bits per heavy atom. The standard InChI is InChI=1S/C23H19F3N4O4S.C23H19F3N4O3S/c1-12-8-18(29-35(33,34)15-5-4-13(2)17(9-15)23(24,25)26)20(28-10-12)21(31)19-14(3)11-30(32)22-16(19)6-7-27-22;1-12-8-18(30-34(32,33)15-5-4-13(2)17(9-15)23(24,25)26)20(28-10-12)21(31)19-14(3)11-29-22-16(19)6-7-27-22/h4-11,32H,1-3H3,(H,29,31);4-11,30H,1-3H3,(H,27,29)/p+1. The number of carbonyl (C=O) groups excluding carboxylic acids is 2. The van der Waals surface area contributed by atoms with Crippen molar-refractivity contribution in [2.75, 3.05) is 9.44 Å². The number of aromatic nitrogens is 6. The number of alkyl halides is 6. The van der Waals surface area contributed by atoms with Crippen LogP contribution in [0.3, 0.4) is 0 Å². The zero-order valence-corrected chi connectivity index (χ0v) is 38.6. The van der Waals surface area contributed by atoms with Crippen LogP contribution in [0.1, 0.15) is 76.6 Å². The molecule has 0 atom stereocenters. The minimum Gasteiger partial charge on any atom is -0.350 e. The monoisotopic (exact) mass is 993 g/mol. The van der Waals surface area contributed by atoms with Crippen LogP contribution >= 0.6 is 0 Å². The third-order valence-corrected chi connectivity index (χ3v) is 13.5. The summed E-state index contributed by atoms with van der Waals surface area (Å²) in [4.78, 5) is 44.0. The van der Waals surface area contributed by atoms with E-state index in [1.165, 1.54) is 57.0 Å². The lowest BCUT2D eigenvalue weighted by Gasteiger charge is -2.15. The van der Waals surface area contributed by atoms with Crippen LogP contribution in [0.25, 0.3) is 22.1 Å². The number of halogens is 6. The van der Waals surface area contributed by atoms with Gasteiger partial charge in [0.1, 0.15) is 23.2 Å². The molecule has 0 fully saturated rings. The smallest absolute Gasteiger partial charge is 0.350 e. The molecular weight excluding hydrogens is 955 g/mol. The number of nitrogens with one attached hydrogen (secondary N) is 4. The Labute approximate surface area is 389 Å². The van der Waals surface area contributed by atoms with Gasteiger partial charge in [0, 0.05) is 46.9 Å². The van der Waals surface area contributed by atoms with Gasteiger partial charge in [-0.2, -0.15) is 26.3 Å². The summed E-state index contributed by atoms with van der Waals surface area (Å²) in [6.45, 7) is 9.03. The van der Waals surface area contributed by atoms with E-state index in [0.29, 0.717) is 50.8 Å². The molecule has 2 aromatic carbocycles. The predicted octanol–water partition coefficient (Wildman–Crippen LogP) is 9.00. The number of carbonyl (C=O) groups is 2. The molecule has 8 aromatic rings. The average molecular weight is 994 g/mol. The molecule has 0 spiro atoms. The number of sulfonamides is 2. The second-order valence-electron chi connectivity index (χ2n) is 16.0. The van der Waals surface area contributed by atoms with E-state index in [1.807, 2.05) is 0 Å². The molecule has 6 heterocycles. The molecule has 8 rings (SSSR count). The van der Waals surface area contributed by atoms with Crippen LogP contribution in [0.15, 0.2) is 108 Å². The van der Waals surface area contributed by atoms with Gasteiger partial charge in [0.05, 0.1) is 43.9 Å². The summed E-state index contributed by atoms with van der Waals surface area (Å²) in [5.74, 6) is -1.19. The van der Waals surface area contributed by atoms with E-state index in [9.17, 15) is 58.0 Å². The summed E-state index contributed by atoms with van der Waals surface area (Å²) in [5.41, 5.74) is 0.0778. The minimum atomic E-state index is -4.74. The number of H-pyrrole nitrogens is 2. The third-order valence-electron chi connectivity index (χ3n) is 10.8. The maximum Gasteiger partial charge on any atom is 0.416 e. The molecule has 15 nitrogen and oxygen atoms in total. The Morgan fingerprint density at radius 1 is 0.580 bits per heavy atom. The molecule has 69 heavy (non-hydrogen) atoms. The Balaban J connectivity index is 0.000000204. The summed E-state index contributed by atoms with van der Waals surface area (Å²) in [6, 6.07) is 11.4. The van der Waals surface area contributed by atoms with Crippen molar-refractivity contribution in [2.45, 2.75) is 63.7 Å². The lowest BCUT2D eigenvalue weighted by atomic mass is 10.00. The summed E-state index contributed by atoms with van der Waals surface area (Å²) < 4.78 is 137. The van der Waals surface area contributed by atoms with E-state index in [-0.39, 0.29) is 50.7 Å². The van der Waals surface area contributed by atoms with Gasteiger partial charge in [-0.15, -0.1) is 0 Å². The van der Waals surface area contributed by atoms with Gasteiger partial charge in [0.2, 0.25) is 11.6 Å². The van der Waals surface area contributed by atoms with Crippen LogP contribution in [0, 0.1) is 41.5 Å². The average Bonchev–Trinajstić information content (AvgIpc) is 3.94. The molecule has 6 aromatic heterocycles. The fourth-order valence-corrected chi connectivity index (χ4v) is 9.60. The van der Waals surface area contributed by atoms with Crippen LogP contribution in [-0.2, 0) is 32.4 Å². The summed E-state index contributed by atoms with van der Waals surface area (Å²) >= 11 is 0. The van der Waals surface area contributed by atoms with Gasteiger partial charge in [-0.1, -0.05) is 16.9 Å². The largest absolute Gasteiger partial charge is 0.416 e. The molecule has 0 bridgehead atoms. The van der Waals surface area contributed by atoms with Crippen molar-refractivity contribution in [1.29, 1.82) is 0 Å². The number of fused-ring (bicyclic) bond motifs is 2. The molecule has 0 aliphatic carbocycles. The maximum absolute atomic E-state index is 13.5. The quantitative estimate of drug-likeness (QED) is 0.0379. The highest BCUT2D eigenvalue weighted by Crippen LogP contribution is 2.36. The fraction of sp³-hybridized carbons (Fsp3) is 0.174. The number of pyridine rings is 4. The summed E-state index contributed by atoms with van der Waals surface area (Å²) in [5, 5.41) is 11.0. The molecule has 0 saturated carbocycles. The van der Waals surface area contributed by atoms with Crippen molar-refractivity contribution in [3.05, 3.63) is 165 Å². The van der Waals surface area contributed by atoms with Gasteiger partial charge < -0.3 is 10.2 Å². The van der Waals surface area contributed by atoms with Gasteiger partial charge >= 0.3 is 18.0 Å². The van der Waals surface area contributed by atoms with Crippen molar-refractivity contribution in [3.8, 4) is 0 Å². The first-order valence-corrected chi connectivity index (χ1v) is 23.2. The first-order chi connectivity index (χ1) is 32.2. The van der Waals surface area contributed by atoms with Crippen molar-refractivity contribution in [3.63, 3.8) is 0 Å². The number of anilines is 2. The topological polar surface area (TPSA) is 221 Å². The van der Waals surface area contributed by atoms with Crippen molar-refractivity contribution >= 4 is 65.1 Å². The first kappa shape index (κ1) is 49.3. The second kappa shape index (κ2) is 18.1. The number of hydrogen-bond donors (Lipinski definition) is 5. The molecule has 23 heteroatoms. The van der Waals surface area contributed by atoms with E-state index < -0.39 is 64.9 Å². The highest BCUT2D eigenvalue weighted by atomic mass is 32.2. The van der Waals surface area contributed by atoms with Gasteiger partial charge in [0.15, 0.2) is 0 Å². The molecule has 358 valence electrons. The molecule has 0 radical (unpaired) electrons. The Kier molecular flexibility index (Phi) is 12.9. The first-order valence-electron chi connectivity index (χ1n) is 20.3. The predicted molar refractivity (Wildman–Crippen MR) is 240 cm³/mol. The van der Waals surface area contributed by atoms with Gasteiger partial charge in [-0.25, -0.2) is 26.8 Å². The highest BCUT2D eigenvalue weighted by Gasteiger charge is 2.36. The Morgan fingerprint density at radius 3 is 1.51 bits per heavy atom. The molecule has 0 unspecified atom stereocenters. The van der Waals surface area contributed by atoms with Crippen LogP contribution in [-0.4, -0.2) is 58.5 Å². The van der Waals surface area contributed by atoms with Crippen LogP contribution in [0.4, 0.5) is 37.7 Å². The van der Waals surface area contributed by atoms with Crippen molar-refractivity contribution in [1.82, 2.24) is 24.9 Å². The number of nitrogens with zero attached hydrogens (tertiary/aromatic N) is 4. The second-order valence-corrected chi connectivity index (χ2v) is 19.3. The SMILES string of the molecule is Cc1cnc(C(=O)c2c(C)c[n+](O)c3[nH]ccc23)c(NS(=O)(=O)c2ccc(C)c(C(F)(F)F)c2)c1.Cc1cnc(C(=O)c2c(C)cnc3[nH]ccc23)c(NS(=O)(=O)c2ccc(C)c(C(F)(F)F)c2)c1. The van der Waals surface area contributed by atoms with E-state index in [2.05, 4.69) is 34.4 Å². The molecule has 5 N–H and O–H groups in total. The molecular formula is C46H39F6N8O7S2+. The summed E-state index contributed by atoms with van der Waals surface area (Å²) in [6.07, 6.45) is -0.712. The fourth-order valence-electron chi connectivity index (χ4n) is 7.43. The Bertz CT molecular complexity index is 3610. The zero-order chi connectivity index (χ0) is 50.5. The summed E-state index contributed by atoms with van der Waals surface area (Å²) in [7, 11) is -8.98. The van der Waals surface area contributed by atoms with Crippen LogP contribution < -0.4 is 14.2 Å². The molecule has 0 aliphatic rings. The van der Waals surface area contributed by atoms with E-state index in [4.69, 9.17) is 0 Å². The zero-order valence-electron chi connectivity index (χ0n) is 37.0. The van der Waals surface area contributed by atoms with E-state index in [1.54, 1.807) is 46.0 Å². The molecule has 0 amide bonds. The third kappa shape index (κ3) is 10.00. The van der Waals surface area contributed by atoms with E-state index >= 15 is 0 Å². The number of aromatic amines is 2. The number of benzene rings is 2. The minimum absolute atomic E-state index is 0.108.